The van der Waals surface area contributed by atoms with Crippen LogP contribution in [-0.4, -0.2) is 48.6 Å². The van der Waals surface area contributed by atoms with Crippen molar-refractivity contribution in [3.05, 3.63) is 40.7 Å². The Balaban J connectivity index is 1.75. The first-order valence-corrected chi connectivity index (χ1v) is 10.8. The molecule has 1 N–H and O–H groups in total. The zero-order valence-electron chi connectivity index (χ0n) is 17.0. The van der Waals surface area contributed by atoms with Gasteiger partial charge in [-0.25, -0.2) is 18.7 Å². The number of halogens is 3. The molecule has 1 fully saturated rings. The summed E-state index contributed by atoms with van der Waals surface area (Å²) in [6.45, 7) is 6.43. The summed E-state index contributed by atoms with van der Waals surface area (Å²) in [5.74, 6) is -0.451. The Kier molecular flexibility index (Phi) is 7.19. The number of rotatable bonds is 7. The fourth-order valence-electron chi connectivity index (χ4n) is 3.45. The Morgan fingerprint density at radius 1 is 1.38 bits per heavy atom. The smallest absolute Gasteiger partial charge is 0.233 e. The van der Waals surface area contributed by atoms with Crippen molar-refractivity contribution in [1.82, 2.24) is 14.9 Å². The first kappa shape index (κ1) is 22.1. The van der Waals surface area contributed by atoms with E-state index in [1.807, 2.05) is 38.9 Å². The number of hydrogen-bond acceptors (Lipinski definition) is 6. The van der Waals surface area contributed by atoms with Gasteiger partial charge < -0.3 is 9.80 Å². The van der Waals surface area contributed by atoms with E-state index < -0.39 is 11.6 Å². The van der Waals surface area contributed by atoms with Gasteiger partial charge in [0.05, 0.1) is 5.69 Å². The van der Waals surface area contributed by atoms with E-state index in [0.717, 1.165) is 43.7 Å². The van der Waals surface area contributed by atoms with Crippen molar-refractivity contribution in [3.8, 4) is 0 Å². The van der Waals surface area contributed by atoms with Crippen LogP contribution in [0.15, 0.2) is 23.2 Å². The Morgan fingerprint density at radius 3 is 2.83 bits per heavy atom. The number of benzene rings is 1. The van der Waals surface area contributed by atoms with Gasteiger partial charge >= 0.3 is 0 Å². The lowest BCUT2D eigenvalue weighted by atomic mass is 10.1. The molecular formula is C20H26ClF2N5S. The Hall–Kier alpha value is -1.64. The van der Waals surface area contributed by atoms with E-state index in [9.17, 15) is 8.78 Å². The van der Waals surface area contributed by atoms with E-state index in [-0.39, 0.29) is 15.8 Å². The number of nitrogens with zero attached hydrogens (tertiary/aromatic N) is 4. The van der Waals surface area contributed by atoms with E-state index >= 15 is 0 Å². The van der Waals surface area contributed by atoms with E-state index in [2.05, 4.69) is 19.6 Å². The molecule has 1 aromatic heterocycles. The number of hydrogen-bond donors (Lipinski definition) is 1. The molecule has 3 rings (SSSR count). The fourth-order valence-corrected chi connectivity index (χ4v) is 4.41. The summed E-state index contributed by atoms with van der Waals surface area (Å²) in [7, 11) is 4.04. The molecular weight excluding hydrogens is 416 g/mol. The Morgan fingerprint density at radius 2 is 2.14 bits per heavy atom. The standard InChI is InChI=1S/C20H26ClF2N5S/c1-12(2)15-5-7-24-20(25-15)26-29-19-14(22)9-16(17(21)18(19)23)28-8-6-13(11-28)10-27(3)4/h5,7,9,12-13H,6,8,10-11H2,1-4H3,(H,24,25,26)/t13-/m0/s1. The maximum absolute atomic E-state index is 14.9. The van der Waals surface area contributed by atoms with Crippen LogP contribution in [0.3, 0.4) is 0 Å². The minimum absolute atomic E-state index is 0.0574. The predicted molar refractivity (Wildman–Crippen MR) is 116 cm³/mol. The van der Waals surface area contributed by atoms with Gasteiger partial charge in [0.1, 0.15) is 15.7 Å². The van der Waals surface area contributed by atoms with Crippen LogP contribution in [0, 0.1) is 17.6 Å². The molecule has 9 heteroatoms. The largest absolute Gasteiger partial charge is 0.370 e. The van der Waals surface area contributed by atoms with Crippen molar-refractivity contribution < 1.29 is 8.78 Å². The Labute approximate surface area is 180 Å². The first-order chi connectivity index (χ1) is 13.8. The normalized spacial score (nSPS) is 16.9. The lowest BCUT2D eigenvalue weighted by Gasteiger charge is -2.22. The first-order valence-electron chi connectivity index (χ1n) is 9.59. The van der Waals surface area contributed by atoms with Crippen molar-refractivity contribution in [3.63, 3.8) is 0 Å². The zero-order chi connectivity index (χ0) is 21.1. The van der Waals surface area contributed by atoms with Gasteiger partial charge in [0.2, 0.25) is 5.95 Å². The molecule has 0 unspecified atom stereocenters. The fraction of sp³-hybridized carbons (Fsp3) is 0.500. The maximum Gasteiger partial charge on any atom is 0.233 e. The lowest BCUT2D eigenvalue weighted by Crippen LogP contribution is -2.26. The second kappa shape index (κ2) is 9.45. The summed E-state index contributed by atoms with van der Waals surface area (Å²) in [4.78, 5) is 12.3. The molecule has 0 spiro atoms. The highest BCUT2D eigenvalue weighted by Gasteiger charge is 2.28. The predicted octanol–water partition coefficient (Wildman–Crippen LogP) is 5.04. The molecule has 1 saturated heterocycles. The molecule has 1 aliphatic rings. The summed E-state index contributed by atoms with van der Waals surface area (Å²) < 4.78 is 32.4. The molecule has 0 radical (unpaired) electrons. The van der Waals surface area contributed by atoms with E-state index in [1.54, 1.807) is 6.20 Å². The molecule has 0 bridgehead atoms. The highest BCUT2D eigenvalue weighted by Crippen LogP contribution is 2.38. The molecule has 29 heavy (non-hydrogen) atoms. The van der Waals surface area contributed by atoms with E-state index in [1.165, 1.54) is 6.07 Å². The third-order valence-corrected chi connectivity index (χ3v) is 6.08. The van der Waals surface area contributed by atoms with Crippen molar-refractivity contribution in [2.45, 2.75) is 31.1 Å². The highest BCUT2D eigenvalue weighted by atomic mass is 35.5. The minimum Gasteiger partial charge on any atom is -0.370 e. The molecule has 1 atom stereocenters. The second-order valence-corrected chi connectivity index (χ2v) is 9.06. The van der Waals surface area contributed by atoms with Gasteiger partial charge in [-0.2, -0.15) is 0 Å². The van der Waals surface area contributed by atoms with Gasteiger partial charge in [-0.3, -0.25) is 4.72 Å². The van der Waals surface area contributed by atoms with Crippen molar-refractivity contribution in [2.75, 3.05) is 43.4 Å². The highest BCUT2D eigenvalue weighted by molar-refractivity contribution is 8.00. The SMILES string of the molecule is CC(C)c1ccnc(NSc2c(F)cc(N3CC[C@@H](CN(C)C)C3)c(Cl)c2F)n1. The molecule has 5 nitrogen and oxygen atoms in total. The van der Waals surface area contributed by atoms with Crippen LogP contribution in [0.1, 0.15) is 31.9 Å². The third kappa shape index (κ3) is 5.29. The molecule has 1 aliphatic heterocycles. The molecule has 158 valence electrons. The van der Waals surface area contributed by atoms with Crippen LogP contribution in [0.4, 0.5) is 20.4 Å². The van der Waals surface area contributed by atoms with Crippen molar-refractivity contribution in [2.24, 2.45) is 5.92 Å². The molecule has 0 amide bonds. The summed E-state index contributed by atoms with van der Waals surface area (Å²) in [6.07, 6.45) is 2.59. The van der Waals surface area contributed by atoms with Gasteiger partial charge in [0, 0.05) is 37.6 Å². The summed E-state index contributed by atoms with van der Waals surface area (Å²) in [5.41, 5.74) is 1.25. The molecule has 0 aliphatic carbocycles. The number of anilines is 2. The van der Waals surface area contributed by atoms with Crippen molar-refractivity contribution in [1.29, 1.82) is 0 Å². The van der Waals surface area contributed by atoms with E-state index in [4.69, 9.17) is 11.6 Å². The summed E-state index contributed by atoms with van der Waals surface area (Å²) in [5, 5.41) is -0.0574. The summed E-state index contributed by atoms with van der Waals surface area (Å²) >= 11 is 7.07. The van der Waals surface area contributed by atoms with E-state index in [0.29, 0.717) is 17.6 Å². The number of nitrogens with one attached hydrogen (secondary N) is 1. The summed E-state index contributed by atoms with van der Waals surface area (Å²) in [6, 6.07) is 3.13. The van der Waals surface area contributed by atoms with Crippen LogP contribution in [0.2, 0.25) is 5.02 Å². The zero-order valence-corrected chi connectivity index (χ0v) is 18.6. The molecule has 0 saturated carbocycles. The molecule has 2 heterocycles. The topological polar surface area (TPSA) is 44.3 Å². The Bertz CT molecular complexity index is 865. The van der Waals surface area contributed by atoms with Gasteiger partial charge in [0.15, 0.2) is 5.82 Å². The quantitative estimate of drug-likeness (QED) is 0.479. The second-order valence-electron chi connectivity index (χ2n) is 7.86. The van der Waals surface area contributed by atoms with Crippen molar-refractivity contribution >= 4 is 35.2 Å². The average molecular weight is 442 g/mol. The van der Waals surface area contributed by atoms with Crippen LogP contribution in [0.5, 0.6) is 0 Å². The van der Waals surface area contributed by atoms with Gasteiger partial charge in [0.25, 0.3) is 0 Å². The van der Waals surface area contributed by atoms with Gasteiger partial charge in [-0.15, -0.1) is 0 Å². The number of aromatic nitrogens is 2. The lowest BCUT2D eigenvalue weighted by molar-refractivity contribution is 0.340. The van der Waals surface area contributed by atoms with Gasteiger partial charge in [-0.1, -0.05) is 25.4 Å². The van der Waals surface area contributed by atoms with Crippen LogP contribution >= 0.6 is 23.5 Å². The third-order valence-electron chi connectivity index (χ3n) is 4.86. The molecule has 2 aromatic rings. The van der Waals surface area contributed by atoms with Crippen LogP contribution in [0.25, 0.3) is 0 Å². The maximum atomic E-state index is 14.9. The monoisotopic (exact) mass is 441 g/mol. The molecule has 1 aromatic carbocycles. The minimum atomic E-state index is -0.768. The average Bonchev–Trinajstić information content (AvgIpc) is 3.12. The van der Waals surface area contributed by atoms with Gasteiger partial charge in [-0.05, 0) is 50.4 Å². The van der Waals surface area contributed by atoms with Crippen LogP contribution in [-0.2, 0) is 0 Å². The van der Waals surface area contributed by atoms with Crippen LogP contribution < -0.4 is 9.62 Å².